The fourth-order valence-electron chi connectivity index (χ4n) is 2.85. The van der Waals surface area contributed by atoms with Gasteiger partial charge in [-0.2, -0.15) is 0 Å². The quantitative estimate of drug-likeness (QED) is 0.280. The third kappa shape index (κ3) is 9.62. The van der Waals surface area contributed by atoms with Crippen LogP contribution in [0.5, 0.6) is 5.75 Å². The first kappa shape index (κ1) is 25.4. The smallest absolute Gasteiger partial charge is 0.191 e. The van der Waals surface area contributed by atoms with Gasteiger partial charge in [-0.3, -0.25) is 9.20 Å². The van der Waals surface area contributed by atoms with Gasteiger partial charge in [0.2, 0.25) is 0 Å². The van der Waals surface area contributed by atoms with Crippen LogP contribution < -0.4 is 15.4 Å². The summed E-state index contributed by atoms with van der Waals surface area (Å²) in [6.07, 6.45) is 0.842. The summed E-state index contributed by atoms with van der Waals surface area (Å²) in [7, 11) is 0.784. The summed E-state index contributed by atoms with van der Waals surface area (Å²) in [6, 6.07) is 16.1. The van der Waals surface area contributed by atoms with Crippen molar-refractivity contribution in [2.24, 2.45) is 4.99 Å². The first-order chi connectivity index (χ1) is 13.6. The summed E-state index contributed by atoms with van der Waals surface area (Å²) in [6.45, 7) is 6.18. The number of rotatable bonds is 10. The van der Waals surface area contributed by atoms with Crippen molar-refractivity contribution < 1.29 is 8.95 Å². The monoisotopic (exact) mass is 529 g/mol. The van der Waals surface area contributed by atoms with Crippen molar-refractivity contribution in [1.29, 1.82) is 0 Å². The van der Waals surface area contributed by atoms with Crippen LogP contribution in [-0.4, -0.2) is 42.7 Å². The Morgan fingerprint density at radius 2 is 1.90 bits per heavy atom. The minimum absolute atomic E-state index is 0. The number of halogens is 1. The lowest BCUT2D eigenvalue weighted by Gasteiger charge is -2.13. The molecule has 7 heteroatoms. The molecular weight excluding hydrogens is 497 g/mol. The molecule has 5 nitrogen and oxygen atoms in total. The second kappa shape index (κ2) is 14.4. The molecule has 0 bridgehead atoms. The Hall–Kier alpha value is -1.61. The average Bonchev–Trinajstić information content (AvgIpc) is 2.69. The molecule has 2 aromatic carbocycles. The van der Waals surface area contributed by atoms with Gasteiger partial charge in [0.15, 0.2) is 5.96 Å². The lowest BCUT2D eigenvalue weighted by Crippen LogP contribution is -2.38. The Morgan fingerprint density at radius 3 is 2.59 bits per heavy atom. The van der Waals surface area contributed by atoms with E-state index in [0.717, 1.165) is 36.8 Å². The molecule has 29 heavy (non-hydrogen) atoms. The van der Waals surface area contributed by atoms with E-state index in [1.165, 1.54) is 11.1 Å². The second-order valence-electron chi connectivity index (χ2n) is 6.53. The van der Waals surface area contributed by atoms with E-state index >= 15 is 0 Å². The predicted octanol–water partition coefficient (Wildman–Crippen LogP) is 3.67. The third-order valence-corrected chi connectivity index (χ3v) is 5.52. The molecule has 0 radical (unpaired) electrons. The van der Waals surface area contributed by atoms with Gasteiger partial charge >= 0.3 is 0 Å². The minimum Gasteiger partial charge on any atom is -0.496 e. The first-order valence-electron chi connectivity index (χ1n) is 9.67. The van der Waals surface area contributed by atoms with Gasteiger partial charge in [-0.1, -0.05) is 48.0 Å². The fourth-order valence-corrected chi connectivity index (χ4v) is 3.86. The van der Waals surface area contributed by atoms with Gasteiger partial charge in [-0.05, 0) is 37.5 Å². The molecule has 0 aliphatic heterocycles. The number of ether oxygens (including phenoxy) is 1. The summed E-state index contributed by atoms with van der Waals surface area (Å²) in [5.41, 5.74) is 3.49. The number of nitrogens with zero attached hydrogens (tertiary/aromatic N) is 1. The van der Waals surface area contributed by atoms with E-state index in [2.05, 4.69) is 34.7 Å². The molecule has 0 aromatic heterocycles. The highest BCUT2D eigenvalue weighted by Gasteiger charge is 2.05. The first-order valence-corrected chi connectivity index (χ1v) is 11.2. The molecule has 2 aromatic rings. The molecule has 0 fully saturated rings. The number of guanidine groups is 1. The van der Waals surface area contributed by atoms with E-state index in [1.54, 1.807) is 7.11 Å². The topological polar surface area (TPSA) is 62.7 Å². The van der Waals surface area contributed by atoms with Crippen molar-refractivity contribution in [2.75, 3.05) is 32.5 Å². The standard InChI is InChI=1S/C22H31N3O2S.HI/c1-4-23-22(24-13-12-20-16-18(2)10-11-21(20)27-3)25-14-15-28(26)17-19-8-6-5-7-9-19;/h5-11,16H,4,12-15,17H2,1-3H3,(H2,23,24,25);1H. The molecule has 1 atom stereocenters. The maximum Gasteiger partial charge on any atom is 0.191 e. The second-order valence-corrected chi connectivity index (χ2v) is 8.10. The average molecular weight is 529 g/mol. The molecule has 0 saturated carbocycles. The summed E-state index contributed by atoms with van der Waals surface area (Å²) >= 11 is 0. The molecule has 0 spiro atoms. The fraction of sp³-hybridized carbons (Fsp3) is 0.409. The van der Waals surface area contributed by atoms with Gasteiger partial charge in [-0.25, -0.2) is 0 Å². The Kier molecular flexibility index (Phi) is 12.6. The van der Waals surface area contributed by atoms with E-state index in [0.29, 0.717) is 18.1 Å². The largest absolute Gasteiger partial charge is 0.496 e. The molecule has 0 heterocycles. The van der Waals surface area contributed by atoms with E-state index in [4.69, 9.17) is 4.74 Å². The van der Waals surface area contributed by atoms with Crippen LogP contribution in [-0.2, 0) is 23.0 Å². The zero-order chi connectivity index (χ0) is 20.2. The highest BCUT2D eigenvalue weighted by atomic mass is 127. The summed E-state index contributed by atoms with van der Waals surface area (Å²) < 4.78 is 17.7. The van der Waals surface area contributed by atoms with Crippen molar-refractivity contribution >= 4 is 40.7 Å². The molecule has 0 aliphatic carbocycles. The van der Waals surface area contributed by atoms with Gasteiger partial charge < -0.3 is 15.4 Å². The highest BCUT2D eigenvalue weighted by Crippen LogP contribution is 2.19. The van der Waals surface area contributed by atoms with Crippen LogP contribution in [0, 0.1) is 6.92 Å². The van der Waals surface area contributed by atoms with Crippen molar-refractivity contribution in [2.45, 2.75) is 26.0 Å². The molecular formula is C22H32IN3O2S. The molecule has 0 saturated heterocycles. The molecule has 2 rings (SSSR count). The molecule has 160 valence electrons. The summed E-state index contributed by atoms with van der Waals surface area (Å²) in [5, 5.41) is 6.59. The van der Waals surface area contributed by atoms with Crippen LogP contribution in [0.2, 0.25) is 0 Å². The molecule has 2 N–H and O–H groups in total. The normalized spacial score (nSPS) is 12.0. The Bertz CT molecular complexity index is 785. The molecule has 1 unspecified atom stereocenters. The van der Waals surface area contributed by atoms with Crippen molar-refractivity contribution in [3.63, 3.8) is 0 Å². The number of hydrogen-bond acceptors (Lipinski definition) is 3. The van der Waals surface area contributed by atoms with Crippen LogP contribution in [0.25, 0.3) is 0 Å². The number of benzene rings is 2. The van der Waals surface area contributed by atoms with E-state index in [1.807, 2.05) is 43.3 Å². The van der Waals surface area contributed by atoms with Gasteiger partial charge in [-0.15, -0.1) is 24.0 Å². The maximum atomic E-state index is 12.2. The number of methoxy groups -OCH3 is 1. The van der Waals surface area contributed by atoms with Crippen LogP contribution >= 0.6 is 24.0 Å². The van der Waals surface area contributed by atoms with Crippen molar-refractivity contribution in [3.8, 4) is 5.75 Å². The SMILES string of the molecule is CCNC(=NCCS(=O)Cc1ccccc1)NCCc1cc(C)ccc1OC.I. The third-order valence-electron chi connectivity index (χ3n) is 4.23. The van der Waals surface area contributed by atoms with Gasteiger partial charge in [0, 0.05) is 35.4 Å². The van der Waals surface area contributed by atoms with E-state index in [-0.39, 0.29) is 24.0 Å². The van der Waals surface area contributed by atoms with Gasteiger partial charge in [0.1, 0.15) is 5.75 Å². The maximum absolute atomic E-state index is 12.2. The predicted molar refractivity (Wildman–Crippen MR) is 134 cm³/mol. The lowest BCUT2D eigenvalue weighted by atomic mass is 10.1. The van der Waals surface area contributed by atoms with E-state index < -0.39 is 10.8 Å². The Morgan fingerprint density at radius 1 is 1.14 bits per heavy atom. The van der Waals surface area contributed by atoms with Crippen LogP contribution in [0.3, 0.4) is 0 Å². The number of nitrogens with one attached hydrogen (secondary N) is 2. The lowest BCUT2D eigenvalue weighted by molar-refractivity contribution is 0.409. The van der Waals surface area contributed by atoms with Crippen LogP contribution in [0.15, 0.2) is 53.5 Å². The molecule has 0 amide bonds. The van der Waals surface area contributed by atoms with Crippen LogP contribution in [0.4, 0.5) is 0 Å². The zero-order valence-corrected chi connectivity index (χ0v) is 20.6. The minimum atomic E-state index is -0.913. The number of aliphatic imine (C=N–C) groups is 1. The van der Waals surface area contributed by atoms with Crippen molar-refractivity contribution in [3.05, 3.63) is 65.2 Å². The zero-order valence-electron chi connectivity index (χ0n) is 17.4. The van der Waals surface area contributed by atoms with E-state index in [9.17, 15) is 4.21 Å². The Balaban J connectivity index is 0.00000420. The van der Waals surface area contributed by atoms with Crippen LogP contribution in [0.1, 0.15) is 23.6 Å². The van der Waals surface area contributed by atoms with Crippen molar-refractivity contribution in [1.82, 2.24) is 10.6 Å². The Labute approximate surface area is 194 Å². The summed E-state index contributed by atoms with van der Waals surface area (Å²) in [5.74, 6) is 2.79. The van der Waals surface area contributed by atoms with Gasteiger partial charge in [0.05, 0.1) is 13.7 Å². The molecule has 0 aliphatic rings. The van der Waals surface area contributed by atoms with Gasteiger partial charge in [0.25, 0.3) is 0 Å². The number of aryl methyl sites for hydroxylation is 1. The summed E-state index contributed by atoms with van der Waals surface area (Å²) in [4.78, 5) is 4.56. The number of hydrogen-bond donors (Lipinski definition) is 2. The highest BCUT2D eigenvalue weighted by molar-refractivity contribution is 14.0.